The van der Waals surface area contributed by atoms with Gasteiger partial charge in [-0.05, 0) is 28.5 Å². The molecule has 0 heterocycles. The van der Waals surface area contributed by atoms with Gasteiger partial charge in [0, 0.05) is 22.6 Å². The summed E-state index contributed by atoms with van der Waals surface area (Å²) in [6, 6.07) is 12.8. The second-order valence-electron chi connectivity index (χ2n) is 6.71. The van der Waals surface area contributed by atoms with Crippen molar-refractivity contribution < 1.29 is 0 Å². The largest absolute Gasteiger partial charge is 0.304 e. The van der Waals surface area contributed by atoms with Crippen LogP contribution >= 0.6 is 0 Å². The normalized spacial score (nSPS) is 15.0. The molecule has 0 saturated heterocycles. The predicted molar refractivity (Wildman–Crippen MR) is 91.3 cm³/mol. The maximum Gasteiger partial charge on any atom is 0.0442 e. The molecule has 0 bridgehead atoms. The Kier molecular flexibility index (Phi) is 3.29. The van der Waals surface area contributed by atoms with Crippen LogP contribution in [0.5, 0.6) is 0 Å². The maximum absolute atomic E-state index is 8.61. The Morgan fingerprint density at radius 3 is 2.10 bits per heavy atom. The highest BCUT2D eigenvalue weighted by atomic mass is 14.5. The fourth-order valence-corrected chi connectivity index (χ4v) is 2.79. The van der Waals surface area contributed by atoms with Gasteiger partial charge < -0.3 is 5.41 Å². The highest BCUT2D eigenvalue weighted by molar-refractivity contribution is 6.06. The van der Waals surface area contributed by atoms with Crippen LogP contribution in [0.1, 0.15) is 37.8 Å². The van der Waals surface area contributed by atoms with Gasteiger partial charge in [-0.2, -0.15) is 0 Å². The van der Waals surface area contributed by atoms with E-state index in [1.165, 1.54) is 16.3 Å². The second-order valence-corrected chi connectivity index (χ2v) is 6.71. The van der Waals surface area contributed by atoms with Crippen molar-refractivity contribution in [1.82, 2.24) is 0 Å². The van der Waals surface area contributed by atoms with Gasteiger partial charge in [0.15, 0.2) is 0 Å². The Hall–Kier alpha value is -2.15. The monoisotopic (exact) mass is 275 g/mol. The lowest BCUT2D eigenvalue weighted by atomic mass is 9.80. The van der Waals surface area contributed by atoms with Gasteiger partial charge in [0.05, 0.1) is 0 Å². The van der Waals surface area contributed by atoms with Crippen LogP contribution < -0.4 is 0 Å². The lowest BCUT2D eigenvalue weighted by Gasteiger charge is -2.24. The quantitative estimate of drug-likeness (QED) is 0.703. The molecule has 106 valence electrons. The average Bonchev–Trinajstić information content (AvgIpc) is 2.98. The second kappa shape index (κ2) is 5.00. The van der Waals surface area contributed by atoms with Crippen LogP contribution in [0.15, 0.2) is 60.7 Å². The van der Waals surface area contributed by atoms with Crippen LogP contribution in [0.4, 0.5) is 0 Å². The minimum atomic E-state index is -0.150. The lowest BCUT2D eigenvalue weighted by molar-refractivity contribution is 0.588. The van der Waals surface area contributed by atoms with Crippen molar-refractivity contribution in [2.75, 3.05) is 0 Å². The van der Waals surface area contributed by atoms with Gasteiger partial charge >= 0.3 is 0 Å². The Labute approximate surface area is 126 Å². The first kappa shape index (κ1) is 13.8. The molecule has 0 aromatic heterocycles. The van der Waals surface area contributed by atoms with Gasteiger partial charge in [-0.1, -0.05) is 69.3 Å². The Morgan fingerprint density at radius 2 is 1.52 bits per heavy atom. The van der Waals surface area contributed by atoms with Gasteiger partial charge in [-0.3, -0.25) is 0 Å². The van der Waals surface area contributed by atoms with E-state index >= 15 is 0 Å². The number of fused-ring (bicyclic) bond motifs is 1. The summed E-state index contributed by atoms with van der Waals surface area (Å²) in [5.74, 6) is 0.285. The number of rotatable bonds is 2. The molecule has 0 unspecified atom stereocenters. The molecule has 0 spiro atoms. The van der Waals surface area contributed by atoms with Crippen molar-refractivity contribution >= 4 is 16.5 Å². The zero-order chi connectivity index (χ0) is 15.0. The molecule has 21 heavy (non-hydrogen) atoms. The molecule has 1 nitrogen and oxygen atoms in total. The molecule has 3 rings (SSSR count). The standard InChI is InChI=1S/C20H21N/c1-20(2,3)19(21)18-13-16-11-7-6-10-15(16)12-17(18)14-8-4-5-9-14/h4-14,21H,1-3H3. The summed E-state index contributed by atoms with van der Waals surface area (Å²) >= 11 is 0. The van der Waals surface area contributed by atoms with Crippen LogP contribution in [0.3, 0.4) is 0 Å². The van der Waals surface area contributed by atoms with Gasteiger partial charge in [0.25, 0.3) is 0 Å². The maximum atomic E-state index is 8.61. The highest BCUT2D eigenvalue weighted by Crippen LogP contribution is 2.33. The van der Waals surface area contributed by atoms with Crippen molar-refractivity contribution in [3.8, 4) is 0 Å². The molecule has 2 aromatic carbocycles. The van der Waals surface area contributed by atoms with Gasteiger partial charge in [-0.25, -0.2) is 0 Å². The summed E-state index contributed by atoms with van der Waals surface area (Å²) in [6.45, 7) is 6.32. The van der Waals surface area contributed by atoms with E-state index in [9.17, 15) is 0 Å². The van der Waals surface area contributed by atoms with Gasteiger partial charge in [0.1, 0.15) is 0 Å². The number of hydrogen-bond donors (Lipinski definition) is 1. The summed E-state index contributed by atoms with van der Waals surface area (Å²) in [6.07, 6.45) is 8.57. The fraction of sp³-hybridized carbons (Fsp3) is 0.250. The van der Waals surface area contributed by atoms with E-state index in [2.05, 4.69) is 81.5 Å². The number of allylic oxidation sites excluding steroid dienone is 4. The van der Waals surface area contributed by atoms with Crippen molar-refractivity contribution in [3.63, 3.8) is 0 Å². The third-order valence-corrected chi connectivity index (χ3v) is 4.04. The minimum Gasteiger partial charge on any atom is -0.304 e. The zero-order valence-corrected chi connectivity index (χ0v) is 12.9. The fourth-order valence-electron chi connectivity index (χ4n) is 2.79. The van der Waals surface area contributed by atoms with Crippen LogP contribution in [0.2, 0.25) is 0 Å². The molecule has 0 aliphatic heterocycles. The summed E-state index contributed by atoms with van der Waals surface area (Å²) in [4.78, 5) is 0. The first-order valence-electron chi connectivity index (χ1n) is 7.44. The van der Waals surface area contributed by atoms with Crippen LogP contribution in [-0.2, 0) is 0 Å². The van der Waals surface area contributed by atoms with E-state index in [0.29, 0.717) is 5.71 Å². The van der Waals surface area contributed by atoms with E-state index in [1.54, 1.807) is 0 Å². The molecule has 0 radical (unpaired) electrons. The Bertz CT molecular complexity index is 745. The van der Waals surface area contributed by atoms with E-state index in [-0.39, 0.29) is 11.3 Å². The third-order valence-electron chi connectivity index (χ3n) is 4.04. The number of benzene rings is 2. The summed E-state index contributed by atoms with van der Waals surface area (Å²) in [7, 11) is 0. The Balaban J connectivity index is 2.24. The first-order valence-corrected chi connectivity index (χ1v) is 7.44. The highest BCUT2D eigenvalue weighted by Gasteiger charge is 2.24. The molecule has 2 aromatic rings. The molecule has 0 amide bonds. The lowest BCUT2D eigenvalue weighted by Crippen LogP contribution is -2.22. The zero-order valence-electron chi connectivity index (χ0n) is 12.9. The van der Waals surface area contributed by atoms with E-state index in [0.717, 1.165) is 5.56 Å². The van der Waals surface area contributed by atoms with Crippen LogP contribution in [0, 0.1) is 10.8 Å². The van der Waals surface area contributed by atoms with Crippen LogP contribution in [0.25, 0.3) is 10.8 Å². The molecule has 1 aliphatic rings. The topological polar surface area (TPSA) is 23.9 Å². The molecular formula is C20H21N. The minimum absolute atomic E-state index is 0.150. The van der Waals surface area contributed by atoms with Gasteiger partial charge in [-0.15, -0.1) is 0 Å². The first-order chi connectivity index (χ1) is 9.97. The SMILES string of the molecule is CC(C)(C)C(=N)c1cc2ccccc2cc1C1C=CC=C1. The van der Waals surface area contributed by atoms with Crippen LogP contribution in [-0.4, -0.2) is 5.71 Å². The molecule has 1 heteroatoms. The number of hydrogen-bond acceptors (Lipinski definition) is 1. The number of nitrogens with one attached hydrogen (secondary N) is 1. The molecule has 1 N–H and O–H groups in total. The van der Waals surface area contributed by atoms with Crippen molar-refractivity contribution in [3.05, 3.63) is 71.8 Å². The van der Waals surface area contributed by atoms with Crippen molar-refractivity contribution in [1.29, 1.82) is 5.41 Å². The average molecular weight is 275 g/mol. The predicted octanol–water partition coefficient (Wildman–Crippen LogP) is 5.46. The molecule has 0 atom stereocenters. The molecule has 1 aliphatic carbocycles. The van der Waals surface area contributed by atoms with Gasteiger partial charge in [0.2, 0.25) is 0 Å². The van der Waals surface area contributed by atoms with E-state index in [1.807, 2.05) is 0 Å². The summed E-state index contributed by atoms with van der Waals surface area (Å²) in [5.41, 5.74) is 2.86. The molecule has 0 fully saturated rings. The summed E-state index contributed by atoms with van der Waals surface area (Å²) in [5, 5.41) is 11.1. The smallest absolute Gasteiger partial charge is 0.0442 e. The van der Waals surface area contributed by atoms with Crippen molar-refractivity contribution in [2.24, 2.45) is 5.41 Å². The Morgan fingerprint density at radius 1 is 0.952 bits per heavy atom. The van der Waals surface area contributed by atoms with E-state index < -0.39 is 0 Å². The summed E-state index contributed by atoms with van der Waals surface area (Å²) < 4.78 is 0. The van der Waals surface area contributed by atoms with Crippen molar-refractivity contribution in [2.45, 2.75) is 26.7 Å². The molecule has 0 saturated carbocycles. The molecular weight excluding hydrogens is 254 g/mol. The third kappa shape index (κ3) is 2.56. The van der Waals surface area contributed by atoms with E-state index in [4.69, 9.17) is 5.41 Å².